The molecule has 98 valence electrons. The lowest BCUT2D eigenvalue weighted by atomic mass is 10.2. The van der Waals surface area contributed by atoms with Crippen molar-refractivity contribution in [1.82, 2.24) is 0 Å². The highest BCUT2D eigenvalue weighted by Crippen LogP contribution is 2.12. The summed E-state index contributed by atoms with van der Waals surface area (Å²) in [6.07, 6.45) is 0.963. The van der Waals surface area contributed by atoms with E-state index in [2.05, 4.69) is 5.32 Å². The number of nitrogens with one attached hydrogen (secondary N) is 1. The average molecular weight is 271 g/mol. The molecule has 0 aliphatic carbocycles. The van der Waals surface area contributed by atoms with Gasteiger partial charge in [0.15, 0.2) is 9.84 Å². The maximum atomic E-state index is 11.6. The Balaban J connectivity index is 2.89. The van der Waals surface area contributed by atoms with Crippen LogP contribution in [0.5, 0.6) is 0 Å². The molecule has 0 spiro atoms. The van der Waals surface area contributed by atoms with Gasteiger partial charge in [-0.2, -0.15) is 0 Å². The van der Waals surface area contributed by atoms with Gasteiger partial charge in [0.05, 0.1) is 5.56 Å². The molecule has 1 unspecified atom stereocenters. The largest absolute Gasteiger partial charge is 0.478 e. The predicted octanol–water partition coefficient (Wildman–Crippen LogP) is 0.756. The van der Waals surface area contributed by atoms with Crippen LogP contribution in [-0.2, 0) is 14.6 Å². The van der Waals surface area contributed by atoms with Crippen LogP contribution >= 0.6 is 0 Å². The highest BCUT2D eigenvalue weighted by atomic mass is 32.2. The number of hydrogen-bond acceptors (Lipinski definition) is 4. The second-order valence-corrected chi connectivity index (χ2v) is 6.21. The summed E-state index contributed by atoms with van der Waals surface area (Å²) in [5, 5.41) is 9.95. The molecule has 0 radical (unpaired) electrons. The third-order valence-corrected chi connectivity index (χ3v) is 3.89. The number of benzene rings is 1. The summed E-state index contributed by atoms with van der Waals surface area (Å²) in [5.41, 5.74) is 0.259. The van der Waals surface area contributed by atoms with Crippen LogP contribution in [-0.4, -0.2) is 36.9 Å². The van der Waals surface area contributed by atoms with Gasteiger partial charge in [-0.3, -0.25) is 4.79 Å². The summed E-state index contributed by atoms with van der Waals surface area (Å²) in [5.74, 6) is -1.82. The second kappa shape index (κ2) is 5.18. The number of carboxylic acids is 1. The van der Waals surface area contributed by atoms with E-state index in [1.807, 2.05) is 0 Å². The zero-order valence-electron chi connectivity index (χ0n) is 9.88. The van der Waals surface area contributed by atoms with E-state index < -0.39 is 27.0 Å². The van der Waals surface area contributed by atoms with E-state index in [-0.39, 0.29) is 11.3 Å². The van der Waals surface area contributed by atoms with Crippen LogP contribution in [0.25, 0.3) is 0 Å². The fraction of sp³-hybridized carbons (Fsp3) is 0.273. The van der Waals surface area contributed by atoms with Crippen LogP contribution in [0.2, 0.25) is 0 Å². The van der Waals surface area contributed by atoms with Gasteiger partial charge in [-0.05, 0) is 25.1 Å². The van der Waals surface area contributed by atoms with Crippen molar-refractivity contribution < 1.29 is 23.1 Å². The minimum atomic E-state index is -3.48. The van der Waals surface area contributed by atoms with E-state index in [1.54, 1.807) is 0 Å². The molecule has 0 saturated heterocycles. The van der Waals surface area contributed by atoms with Crippen molar-refractivity contribution in [2.24, 2.45) is 0 Å². The number of anilines is 1. The molecule has 0 saturated carbocycles. The third kappa shape index (κ3) is 3.56. The average Bonchev–Trinajstić information content (AvgIpc) is 2.27. The molecule has 1 aromatic rings. The zero-order chi connectivity index (χ0) is 13.9. The van der Waals surface area contributed by atoms with Gasteiger partial charge in [-0.25, -0.2) is 13.2 Å². The molecular formula is C11H13NO5S. The van der Waals surface area contributed by atoms with Crippen LogP contribution in [0.15, 0.2) is 24.3 Å². The molecule has 0 aliphatic rings. The molecule has 2 N–H and O–H groups in total. The molecule has 1 rings (SSSR count). The van der Waals surface area contributed by atoms with Gasteiger partial charge in [0.1, 0.15) is 5.25 Å². The lowest BCUT2D eigenvalue weighted by molar-refractivity contribution is -0.115. The fourth-order valence-corrected chi connectivity index (χ4v) is 1.62. The lowest BCUT2D eigenvalue weighted by Gasteiger charge is -2.10. The van der Waals surface area contributed by atoms with Gasteiger partial charge in [0.25, 0.3) is 0 Å². The molecule has 0 aromatic heterocycles. The summed E-state index contributed by atoms with van der Waals surface area (Å²) in [6.45, 7) is 1.27. The molecule has 0 aliphatic heterocycles. The number of carboxylic acid groups (broad SMARTS) is 1. The van der Waals surface area contributed by atoms with Gasteiger partial charge in [0, 0.05) is 11.9 Å². The monoisotopic (exact) mass is 271 g/mol. The molecule has 18 heavy (non-hydrogen) atoms. The van der Waals surface area contributed by atoms with Crippen molar-refractivity contribution in [2.45, 2.75) is 12.2 Å². The Morgan fingerprint density at radius 3 is 2.44 bits per heavy atom. The Labute approximate surface area is 105 Å². The van der Waals surface area contributed by atoms with E-state index in [0.29, 0.717) is 0 Å². The van der Waals surface area contributed by atoms with Gasteiger partial charge >= 0.3 is 5.97 Å². The van der Waals surface area contributed by atoms with Crippen LogP contribution in [0, 0.1) is 0 Å². The van der Waals surface area contributed by atoms with Crippen LogP contribution in [0.4, 0.5) is 5.69 Å². The summed E-state index contributed by atoms with van der Waals surface area (Å²) in [7, 11) is -3.48. The van der Waals surface area contributed by atoms with Crippen LogP contribution in [0.3, 0.4) is 0 Å². The molecule has 0 bridgehead atoms. The molecule has 1 amide bonds. The first-order valence-electron chi connectivity index (χ1n) is 5.05. The molecule has 0 fully saturated rings. The van der Waals surface area contributed by atoms with Crippen LogP contribution in [0.1, 0.15) is 17.3 Å². The van der Waals surface area contributed by atoms with E-state index in [4.69, 9.17) is 5.11 Å². The SMILES string of the molecule is CC(C(=O)Nc1cccc(C(=O)O)c1)S(C)(=O)=O. The number of amides is 1. The molecule has 6 nitrogen and oxygen atoms in total. The number of hydrogen-bond donors (Lipinski definition) is 2. The van der Waals surface area contributed by atoms with Crippen molar-refractivity contribution in [3.8, 4) is 0 Å². The predicted molar refractivity (Wildman–Crippen MR) is 66.3 cm³/mol. The topological polar surface area (TPSA) is 101 Å². The summed E-state index contributed by atoms with van der Waals surface area (Å²) in [6, 6.07) is 5.58. The van der Waals surface area contributed by atoms with Crippen molar-refractivity contribution in [1.29, 1.82) is 0 Å². The Morgan fingerprint density at radius 1 is 1.33 bits per heavy atom. The van der Waals surface area contributed by atoms with Gasteiger partial charge in [0.2, 0.25) is 5.91 Å². The second-order valence-electron chi connectivity index (χ2n) is 3.85. The number of carbonyl (C=O) groups is 2. The van der Waals surface area contributed by atoms with E-state index in [9.17, 15) is 18.0 Å². The Kier molecular flexibility index (Phi) is 4.07. The maximum absolute atomic E-state index is 11.6. The standard InChI is InChI=1S/C11H13NO5S/c1-7(18(2,16)17)10(13)12-9-5-3-4-8(6-9)11(14)15/h3-7H,1-2H3,(H,12,13)(H,14,15). The van der Waals surface area contributed by atoms with Crippen LogP contribution < -0.4 is 5.32 Å². The molecular weight excluding hydrogens is 258 g/mol. The summed E-state index contributed by atoms with van der Waals surface area (Å²) >= 11 is 0. The minimum absolute atomic E-state index is 0.0137. The smallest absolute Gasteiger partial charge is 0.335 e. The quantitative estimate of drug-likeness (QED) is 0.841. The maximum Gasteiger partial charge on any atom is 0.335 e. The number of aromatic carboxylic acids is 1. The van der Waals surface area contributed by atoms with E-state index >= 15 is 0 Å². The Hall–Kier alpha value is -1.89. The summed E-state index contributed by atoms with van der Waals surface area (Å²) in [4.78, 5) is 22.3. The number of rotatable bonds is 4. The first-order valence-corrected chi connectivity index (χ1v) is 7.00. The highest BCUT2D eigenvalue weighted by Gasteiger charge is 2.23. The Bertz CT molecular complexity index is 579. The normalized spacial score (nSPS) is 12.8. The van der Waals surface area contributed by atoms with Crippen molar-refractivity contribution in [2.75, 3.05) is 11.6 Å². The molecule has 1 aromatic carbocycles. The first kappa shape index (κ1) is 14.2. The van der Waals surface area contributed by atoms with Crippen molar-refractivity contribution in [3.63, 3.8) is 0 Å². The number of sulfone groups is 1. The lowest BCUT2D eigenvalue weighted by Crippen LogP contribution is -2.31. The fourth-order valence-electron chi connectivity index (χ4n) is 1.17. The zero-order valence-corrected chi connectivity index (χ0v) is 10.7. The van der Waals surface area contributed by atoms with E-state index in [1.165, 1.54) is 31.2 Å². The molecule has 0 heterocycles. The van der Waals surface area contributed by atoms with Gasteiger partial charge in [-0.15, -0.1) is 0 Å². The Morgan fingerprint density at radius 2 is 1.94 bits per heavy atom. The highest BCUT2D eigenvalue weighted by molar-refractivity contribution is 7.92. The van der Waals surface area contributed by atoms with Gasteiger partial charge in [-0.1, -0.05) is 6.07 Å². The summed E-state index contributed by atoms with van der Waals surface area (Å²) < 4.78 is 22.4. The van der Waals surface area contributed by atoms with Crippen molar-refractivity contribution >= 4 is 27.4 Å². The first-order chi connectivity index (χ1) is 8.21. The third-order valence-electron chi connectivity index (χ3n) is 2.39. The van der Waals surface area contributed by atoms with Crippen molar-refractivity contribution in [3.05, 3.63) is 29.8 Å². The molecule has 1 atom stereocenters. The molecule has 7 heteroatoms. The van der Waals surface area contributed by atoms with E-state index in [0.717, 1.165) is 6.26 Å². The van der Waals surface area contributed by atoms with Gasteiger partial charge < -0.3 is 10.4 Å². The minimum Gasteiger partial charge on any atom is -0.478 e. The number of carbonyl (C=O) groups excluding carboxylic acids is 1.